The SMILES string of the molecule is CNC(=O)c1ccc(-c2ccc(OC(C)C)c(C(=O)NC3(Cc4c[nH]c5ccccc45)CN3)c2)cc1Cl. The molecule has 5 rings (SSSR count). The molecule has 0 saturated carbocycles. The molecule has 0 spiro atoms. The normalized spacial score (nSPS) is 16.6. The Bertz CT molecular complexity index is 1490. The lowest BCUT2D eigenvalue weighted by Gasteiger charge is -2.19. The fourth-order valence-electron chi connectivity index (χ4n) is 4.51. The van der Waals surface area contributed by atoms with E-state index in [1.54, 1.807) is 31.3 Å². The summed E-state index contributed by atoms with van der Waals surface area (Å²) in [7, 11) is 1.56. The molecular weight excluding hydrogens is 488 g/mol. The number of amides is 2. The summed E-state index contributed by atoms with van der Waals surface area (Å²) in [5.41, 5.74) is 4.10. The van der Waals surface area contributed by atoms with Crippen molar-refractivity contribution < 1.29 is 14.3 Å². The zero-order chi connectivity index (χ0) is 26.2. The Morgan fingerprint density at radius 2 is 1.76 bits per heavy atom. The first kappa shape index (κ1) is 24.9. The number of carbonyl (C=O) groups excluding carboxylic acids is 2. The van der Waals surface area contributed by atoms with Crippen LogP contribution < -0.4 is 20.7 Å². The summed E-state index contributed by atoms with van der Waals surface area (Å²) < 4.78 is 5.98. The highest BCUT2D eigenvalue weighted by Gasteiger charge is 2.44. The number of rotatable bonds is 8. The van der Waals surface area contributed by atoms with E-state index in [0.717, 1.165) is 27.6 Å². The number of benzene rings is 3. The van der Waals surface area contributed by atoms with Crippen molar-refractivity contribution in [1.29, 1.82) is 0 Å². The molecular formula is C29H29ClN4O3. The highest BCUT2D eigenvalue weighted by Crippen LogP contribution is 2.32. The largest absolute Gasteiger partial charge is 0.490 e. The van der Waals surface area contributed by atoms with E-state index in [2.05, 4.69) is 27.0 Å². The van der Waals surface area contributed by atoms with E-state index in [1.165, 1.54) is 0 Å². The molecule has 0 aliphatic carbocycles. The van der Waals surface area contributed by atoms with Gasteiger partial charge in [-0.15, -0.1) is 0 Å². The molecule has 8 heteroatoms. The second kappa shape index (κ2) is 9.92. The van der Waals surface area contributed by atoms with Gasteiger partial charge in [-0.1, -0.05) is 41.9 Å². The standard InChI is InChI=1S/C29H29ClN4O3/c1-17(2)37-26-11-9-18(19-8-10-22(24(30)13-19)27(35)31-3)12-23(26)28(36)34-29(16-33-29)14-20-15-32-25-7-5-4-6-21(20)25/h4-13,15,17,32-33H,14,16H2,1-3H3,(H,31,35)(H,34,36). The fourth-order valence-corrected chi connectivity index (χ4v) is 4.78. The molecule has 37 heavy (non-hydrogen) atoms. The first-order valence-electron chi connectivity index (χ1n) is 12.2. The van der Waals surface area contributed by atoms with Crippen molar-refractivity contribution in [2.75, 3.05) is 13.6 Å². The average molecular weight is 517 g/mol. The first-order chi connectivity index (χ1) is 17.8. The van der Waals surface area contributed by atoms with Gasteiger partial charge >= 0.3 is 0 Å². The fraction of sp³-hybridized carbons (Fsp3) is 0.241. The van der Waals surface area contributed by atoms with Crippen molar-refractivity contribution in [3.63, 3.8) is 0 Å². The highest BCUT2D eigenvalue weighted by molar-refractivity contribution is 6.34. The third kappa shape index (κ3) is 5.19. The number of H-pyrrole nitrogens is 1. The van der Waals surface area contributed by atoms with E-state index in [4.69, 9.17) is 16.3 Å². The molecule has 2 amide bonds. The number of aromatic nitrogens is 1. The van der Waals surface area contributed by atoms with E-state index >= 15 is 0 Å². The van der Waals surface area contributed by atoms with Crippen LogP contribution in [0.3, 0.4) is 0 Å². The minimum absolute atomic E-state index is 0.0992. The molecule has 1 atom stereocenters. The molecule has 1 aromatic heterocycles. The lowest BCUT2D eigenvalue weighted by atomic mass is 9.99. The number of halogens is 1. The molecule has 190 valence electrons. The minimum atomic E-state index is -0.522. The van der Waals surface area contributed by atoms with Gasteiger partial charge in [-0.3, -0.25) is 14.9 Å². The predicted octanol–water partition coefficient (Wildman–Crippen LogP) is 4.91. The topological polar surface area (TPSA) is 105 Å². The zero-order valence-corrected chi connectivity index (χ0v) is 21.7. The summed E-state index contributed by atoms with van der Waals surface area (Å²) in [6.45, 7) is 4.52. The molecule has 0 radical (unpaired) electrons. The minimum Gasteiger partial charge on any atom is -0.490 e. The van der Waals surface area contributed by atoms with Gasteiger partial charge in [-0.2, -0.15) is 0 Å². The number of nitrogens with one attached hydrogen (secondary N) is 4. The molecule has 4 aromatic rings. The van der Waals surface area contributed by atoms with Crippen molar-refractivity contribution in [1.82, 2.24) is 20.9 Å². The van der Waals surface area contributed by atoms with Gasteiger partial charge < -0.3 is 20.4 Å². The Balaban J connectivity index is 1.43. The van der Waals surface area contributed by atoms with Crippen molar-refractivity contribution in [2.24, 2.45) is 0 Å². The van der Waals surface area contributed by atoms with Crippen LogP contribution in [-0.2, 0) is 6.42 Å². The Labute approximate surface area is 220 Å². The number of hydrogen-bond donors (Lipinski definition) is 4. The zero-order valence-electron chi connectivity index (χ0n) is 20.9. The Hall–Kier alpha value is -3.81. The molecule has 1 aliphatic heterocycles. The van der Waals surface area contributed by atoms with E-state index in [-0.39, 0.29) is 17.9 Å². The van der Waals surface area contributed by atoms with E-state index in [0.29, 0.717) is 34.9 Å². The molecule has 1 aliphatic rings. The van der Waals surface area contributed by atoms with Crippen LogP contribution in [0.5, 0.6) is 5.75 Å². The van der Waals surface area contributed by atoms with Crippen molar-refractivity contribution in [3.8, 4) is 16.9 Å². The summed E-state index contributed by atoms with van der Waals surface area (Å²) in [5.74, 6) is 0.0253. The summed E-state index contributed by atoms with van der Waals surface area (Å²) >= 11 is 6.38. The Morgan fingerprint density at radius 1 is 1.03 bits per heavy atom. The maximum absolute atomic E-state index is 13.6. The van der Waals surface area contributed by atoms with Gasteiger partial charge in [0.1, 0.15) is 11.4 Å². The lowest BCUT2D eigenvalue weighted by Crippen LogP contribution is -2.42. The molecule has 3 aromatic carbocycles. The molecule has 1 fully saturated rings. The van der Waals surface area contributed by atoms with Crippen molar-refractivity contribution >= 4 is 34.3 Å². The predicted molar refractivity (Wildman–Crippen MR) is 146 cm³/mol. The van der Waals surface area contributed by atoms with Crippen LogP contribution in [0.2, 0.25) is 5.02 Å². The molecule has 4 N–H and O–H groups in total. The van der Waals surface area contributed by atoms with Gasteiger partial charge in [0.2, 0.25) is 0 Å². The maximum atomic E-state index is 13.6. The average Bonchev–Trinajstić information content (AvgIpc) is 3.52. The van der Waals surface area contributed by atoms with Gasteiger partial charge in [0, 0.05) is 37.1 Å². The van der Waals surface area contributed by atoms with Gasteiger partial charge in [-0.05, 0) is 60.9 Å². The van der Waals surface area contributed by atoms with Crippen LogP contribution in [-0.4, -0.2) is 42.2 Å². The number of fused-ring (bicyclic) bond motifs is 1. The van der Waals surface area contributed by atoms with E-state index < -0.39 is 5.66 Å². The van der Waals surface area contributed by atoms with Gasteiger partial charge in [0.15, 0.2) is 0 Å². The quantitative estimate of drug-likeness (QED) is 0.250. The molecule has 2 heterocycles. The van der Waals surface area contributed by atoms with Crippen LogP contribution in [0.1, 0.15) is 40.1 Å². The third-order valence-corrected chi connectivity index (χ3v) is 6.80. The van der Waals surface area contributed by atoms with Crippen LogP contribution in [0.15, 0.2) is 66.9 Å². The van der Waals surface area contributed by atoms with Crippen LogP contribution in [0.25, 0.3) is 22.0 Å². The van der Waals surface area contributed by atoms with Crippen LogP contribution in [0, 0.1) is 0 Å². The second-order valence-electron chi connectivity index (χ2n) is 9.58. The summed E-state index contributed by atoms with van der Waals surface area (Å²) in [4.78, 5) is 28.9. The van der Waals surface area contributed by atoms with Crippen molar-refractivity contribution in [2.45, 2.75) is 32.0 Å². The molecule has 0 bridgehead atoms. The second-order valence-corrected chi connectivity index (χ2v) is 9.98. The van der Waals surface area contributed by atoms with Crippen LogP contribution in [0.4, 0.5) is 0 Å². The van der Waals surface area contributed by atoms with E-state index in [1.807, 2.05) is 50.4 Å². The number of para-hydroxylation sites is 1. The molecule has 7 nitrogen and oxygen atoms in total. The van der Waals surface area contributed by atoms with Crippen molar-refractivity contribution in [3.05, 3.63) is 88.6 Å². The Morgan fingerprint density at radius 3 is 2.46 bits per heavy atom. The number of hydrogen-bond acceptors (Lipinski definition) is 4. The first-order valence-corrected chi connectivity index (χ1v) is 12.6. The van der Waals surface area contributed by atoms with Gasteiger partial charge in [0.05, 0.1) is 22.3 Å². The Kier molecular flexibility index (Phi) is 6.67. The summed E-state index contributed by atoms with van der Waals surface area (Å²) in [5, 5.41) is 10.6. The van der Waals surface area contributed by atoms with Crippen LogP contribution >= 0.6 is 11.6 Å². The number of ether oxygens (including phenoxy) is 1. The number of aromatic amines is 1. The summed E-state index contributed by atoms with van der Waals surface area (Å²) in [6.07, 6.45) is 2.55. The van der Waals surface area contributed by atoms with Gasteiger partial charge in [0.25, 0.3) is 11.8 Å². The molecule has 1 saturated heterocycles. The highest BCUT2D eigenvalue weighted by atomic mass is 35.5. The lowest BCUT2D eigenvalue weighted by molar-refractivity contribution is 0.0922. The molecule has 1 unspecified atom stereocenters. The number of carbonyl (C=O) groups is 2. The third-order valence-electron chi connectivity index (χ3n) is 6.48. The monoisotopic (exact) mass is 516 g/mol. The maximum Gasteiger partial charge on any atom is 0.256 e. The smallest absolute Gasteiger partial charge is 0.256 e. The summed E-state index contributed by atoms with van der Waals surface area (Å²) in [6, 6.07) is 18.9. The van der Waals surface area contributed by atoms with E-state index in [9.17, 15) is 9.59 Å². The van der Waals surface area contributed by atoms with Gasteiger partial charge in [-0.25, -0.2) is 0 Å².